The van der Waals surface area contributed by atoms with Crippen molar-refractivity contribution in [1.29, 1.82) is 0 Å². The van der Waals surface area contributed by atoms with Crippen LogP contribution < -0.4 is 4.74 Å². The summed E-state index contributed by atoms with van der Waals surface area (Å²) in [6, 6.07) is 24.9. The summed E-state index contributed by atoms with van der Waals surface area (Å²) >= 11 is 0. The molecule has 0 amide bonds. The minimum Gasteiger partial charge on any atom is -0.489 e. The third-order valence-corrected chi connectivity index (χ3v) is 4.11. The van der Waals surface area contributed by atoms with Crippen molar-refractivity contribution in [3.63, 3.8) is 0 Å². The molecule has 0 fully saturated rings. The number of carboxylic acids is 1. The number of hydrogen-bond donors (Lipinski definition) is 1. The lowest BCUT2D eigenvalue weighted by Crippen LogP contribution is -2.05. The number of carbonyl (C=O) groups is 1. The van der Waals surface area contributed by atoms with Crippen molar-refractivity contribution in [2.75, 3.05) is 7.11 Å². The van der Waals surface area contributed by atoms with Crippen LogP contribution in [0.2, 0.25) is 0 Å². The summed E-state index contributed by atoms with van der Waals surface area (Å²) in [4.78, 5) is 15.8. The monoisotopic (exact) mass is 375 g/mol. The van der Waals surface area contributed by atoms with Crippen LogP contribution in [0.15, 0.2) is 84.0 Å². The minimum atomic E-state index is -0.850. The van der Waals surface area contributed by atoms with E-state index in [0.717, 1.165) is 28.0 Å². The quantitative estimate of drug-likeness (QED) is 0.471. The largest absolute Gasteiger partial charge is 0.489 e. The second-order valence-electron chi connectivity index (χ2n) is 6.19. The van der Waals surface area contributed by atoms with Gasteiger partial charge in [0.15, 0.2) is 0 Å². The molecule has 0 saturated heterocycles. The Bertz CT molecular complexity index is 950. The Kier molecular flexibility index (Phi) is 6.41. The van der Waals surface area contributed by atoms with Crippen molar-refractivity contribution in [2.24, 2.45) is 5.16 Å². The summed E-state index contributed by atoms with van der Waals surface area (Å²) in [5.74, 6) is -0.161. The van der Waals surface area contributed by atoms with Crippen molar-refractivity contribution in [3.8, 4) is 5.75 Å². The highest BCUT2D eigenvalue weighted by Gasteiger charge is 2.09. The molecule has 5 heteroatoms. The zero-order chi connectivity index (χ0) is 19.8. The second kappa shape index (κ2) is 9.37. The van der Waals surface area contributed by atoms with E-state index >= 15 is 0 Å². The van der Waals surface area contributed by atoms with Crippen molar-refractivity contribution in [2.45, 2.75) is 13.0 Å². The zero-order valence-electron chi connectivity index (χ0n) is 15.5. The third-order valence-electron chi connectivity index (χ3n) is 4.11. The Labute approximate surface area is 163 Å². The number of nitrogens with zero attached hydrogens (tertiary/aromatic N) is 1. The van der Waals surface area contributed by atoms with E-state index in [4.69, 9.17) is 14.7 Å². The minimum absolute atomic E-state index is 0.00340. The molecule has 0 aliphatic carbocycles. The molecule has 0 bridgehead atoms. The van der Waals surface area contributed by atoms with E-state index in [1.807, 2.05) is 54.6 Å². The molecule has 5 nitrogen and oxygen atoms in total. The van der Waals surface area contributed by atoms with Gasteiger partial charge in [-0.3, -0.25) is 4.79 Å². The Hall–Kier alpha value is -3.60. The first kappa shape index (κ1) is 19.2. The molecule has 0 unspecified atom stereocenters. The molecule has 0 aliphatic rings. The van der Waals surface area contributed by atoms with Gasteiger partial charge in [0.05, 0.1) is 6.42 Å². The lowest BCUT2D eigenvalue weighted by Gasteiger charge is -2.10. The van der Waals surface area contributed by atoms with Crippen molar-refractivity contribution < 1.29 is 19.5 Å². The van der Waals surface area contributed by atoms with Crippen LogP contribution >= 0.6 is 0 Å². The van der Waals surface area contributed by atoms with Gasteiger partial charge in [0.2, 0.25) is 0 Å². The highest BCUT2D eigenvalue weighted by Crippen LogP contribution is 2.17. The highest BCUT2D eigenvalue weighted by atomic mass is 16.6. The van der Waals surface area contributed by atoms with Gasteiger partial charge in [0.25, 0.3) is 0 Å². The topological polar surface area (TPSA) is 68.1 Å². The molecule has 0 aromatic heterocycles. The van der Waals surface area contributed by atoms with Crippen molar-refractivity contribution >= 4 is 11.7 Å². The van der Waals surface area contributed by atoms with Crippen LogP contribution in [0.5, 0.6) is 5.75 Å². The summed E-state index contributed by atoms with van der Waals surface area (Å²) in [5.41, 5.74) is 4.39. The first-order valence-electron chi connectivity index (χ1n) is 8.85. The molecule has 3 aromatic rings. The molecule has 3 rings (SSSR count). The zero-order valence-corrected chi connectivity index (χ0v) is 15.5. The molecule has 0 radical (unpaired) electrons. The van der Waals surface area contributed by atoms with Gasteiger partial charge in [0.1, 0.15) is 25.2 Å². The number of benzene rings is 3. The molecule has 28 heavy (non-hydrogen) atoms. The van der Waals surface area contributed by atoms with Gasteiger partial charge in [-0.05, 0) is 29.3 Å². The Morgan fingerprint density at radius 3 is 2.29 bits per heavy atom. The summed E-state index contributed by atoms with van der Waals surface area (Å²) in [6.45, 7) is 0.390. The summed E-state index contributed by atoms with van der Waals surface area (Å²) in [5, 5.41) is 13.0. The van der Waals surface area contributed by atoms with Gasteiger partial charge >= 0.3 is 5.97 Å². The lowest BCUT2D eigenvalue weighted by molar-refractivity contribution is -0.136. The number of rotatable bonds is 8. The first-order valence-corrected chi connectivity index (χ1v) is 8.85. The Morgan fingerprint density at radius 2 is 1.61 bits per heavy atom. The smallest absolute Gasteiger partial charge is 0.307 e. The van der Waals surface area contributed by atoms with Gasteiger partial charge < -0.3 is 14.7 Å². The SMILES string of the molecule is CON=C(c1ccccc1)c1cccc(COc2ccc(CC(=O)O)cc2)c1. The van der Waals surface area contributed by atoms with E-state index in [9.17, 15) is 4.79 Å². The molecule has 142 valence electrons. The van der Waals surface area contributed by atoms with Crippen molar-refractivity contribution in [1.82, 2.24) is 0 Å². The average Bonchev–Trinajstić information content (AvgIpc) is 2.72. The van der Waals surface area contributed by atoms with Crippen LogP contribution in [0.3, 0.4) is 0 Å². The van der Waals surface area contributed by atoms with Gasteiger partial charge in [-0.25, -0.2) is 0 Å². The van der Waals surface area contributed by atoms with Crippen LogP contribution in [-0.4, -0.2) is 23.9 Å². The number of aliphatic carboxylic acids is 1. The third kappa shape index (κ3) is 5.20. The molecule has 1 N–H and O–H groups in total. The van der Waals surface area contributed by atoms with E-state index < -0.39 is 5.97 Å². The van der Waals surface area contributed by atoms with E-state index in [2.05, 4.69) is 5.16 Å². The fourth-order valence-electron chi connectivity index (χ4n) is 2.81. The number of carboxylic acid groups (broad SMARTS) is 1. The summed E-state index contributed by atoms with van der Waals surface area (Å²) < 4.78 is 5.83. The van der Waals surface area contributed by atoms with Gasteiger partial charge in [-0.15, -0.1) is 0 Å². The molecular formula is C23H21NO4. The Balaban J connectivity index is 1.72. The van der Waals surface area contributed by atoms with Gasteiger partial charge in [-0.2, -0.15) is 0 Å². The predicted octanol–water partition coefficient (Wildman–Crippen LogP) is 4.29. The molecule has 0 aliphatic heterocycles. The van der Waals surface area contributed by atoms with Crippen LogP contribution in [0, 0.1) is 0 Å². The number of hydrogen-bond acceptors (Lipinski definition) is 4. The van der Waals surface area contributed by atoms with Gasteiger partial charge in [-0.1, -0.05) is 65.8 Å². The first-order chi connectivity index (χ1) is 13.7. The summed E-state index contributed by atoms with van der Waals surface area (Å²) in [6.07, 6.45) is 0.00340. The van der Waals surface area contributed by atoms with E-state index in [1.54, 1.807) is 24.3 Å². The number of ether oxygens (including phenoxy) is 1. The molecule has 0 saturated carbocycles. The maximum Gasteiger partial charge on any atom is 0.307 e. The van der Waals surface area contributed by atoms with Crippen LogP contribution in [-0.2, 0) is 22.7 Å². The molecule has 0 heterocycles. The Morgan fingerprint density at radius 1 is 0.893 bits per heavy atom. The lowest BCUT2D eigenvalue weighted by atomic mass is 10.0. The molecular weight excluding hydrogens is 354 g/mol. The van der Waals surface area contributed by atoms with E-state index in [0.29, 0.717) is 12.4 Å². The maximum absolute atomic E-state index is 10.8. The fraction of sp³-hybridized carbons (Fsp3) is 0.130. The molecule has 3 aromatic carbocycles. The average molecular weight is 375 g/mol. The van der Waals surface area contributed by atoms with E-state index in [1.165, 1.54) is 7.11 Å². The van der Waals surface area contributed by atoms with Gasteiger partial charge in [0, 0.05) is 11.1 Å². The normalized spacial score (nSPS) is 11.1. The molecule has 0 atom stereocenters. The van der Waals surface area contributed by atoms with Crippen molar-refractivity contribution in [3.05, 3.63) is 101 Å². The fourth-order valence-corrected chi connectivity index (χ4v) is 2.81. The predicted molar refractivity (Wildman–Crippen MR) is 108 cm³/mol. The molecule has 0 spiro atoms. The van der Waals surface area contributed by atoms with E-state index in [-0.39, 0.29) is 6.42 Å². The number of oxime groups is 1. The van der Waals surface area contributed by atoms with Crippen LogP contribution in [0.25, 0.3) is 0 Å². The maximum atomic E-state index is 10.8. The second-order valence-corrected chi connectivity index (χ2v) is 6.19. The van der Waals surface area contributed by atoms with Crippen LogP contribution in [0.4, 0.5) is 0 Å². The summed E-state index contributed by atoms with van der Waals surface area (Å²) in [7, 11) is 1.53. The standard InChI is InChI=1S/C23H21NO4/c1-27-24-23(19-7-3-2-4-8-19)20-9-5-6-18(14-20)16-28-21-12-10-17(11-13-21)15-22(25)26/h2-14H,15-16H2,1H3,(H,25,26). The highest BCUT2D eigenvalue weighted by molar-refractivity contribution is 6.12. The van der Waals surface area contributed by atoms with Crippen LogP contribution in [0.1, 0.15) is 22.3 Å².